The van der Waals surface area contributed by atoms with Crippen LogP contribution in [0.3, 0.4) is 0 Å². The molecule has 0 aliphatic carbocycles. The maximum atomic E-state index is 11.2. The zero-order valence-electron chi connectivity index (χ0n) is 8.70. The first-order chi connectivity index (χ1) is 7.13. The minimum absolute atomic E-state index is 0.0443. The van der Waals surface area contributed by atoms with Crippen LogP contribution in [0.5, 0.6) is 0 Å². The van der Waals surface area contributed by atoms with Gasteiger partial charge < -0.3 is 10.5 Å². The van der Waals surface area contributed by atoms with E-state index in [1.165, 1.54) is 0 Å². The average Bonchev–Trinajstić information content (AvgIpc) is 2.18. The van der Waals surface area contributed by atoms with Crippen molar-refractivity contribution in [3.05, 3.63) is 34.3 Å². The lowest BCUT2D eigenvalue weighted by Crippen LogP contribution is -2.54. The second-order valence-electron chi connectivity index (χ2n) is 3.26. The summed E-state index contributed by atoms with van der Waals surface area (Å²) in [5.74, 6) is -0.194. The van der Waals surface area contributed by atoms with Crippen LogP contribution >= 0.6 is 15.9 Å². The van der Waals surface area contributed by atoms with Crippen molar-refractivity contribution in [3.8, 4) is 0 Å². The molecule has 0 spiro atoms. The zero-order valence-corrected chi connectivity index (χ0v) is 10.3. The zero-order chi connectivity index (χ0) is 11.3. The smallest absolute Gasteiger partial charge is 0.312 e. The highest BCUT2D eigenvalue weighted by atomic mass is 79.9. The molecule has 4 heteroatoms. The fourth-order valence-corrected chi connectivity index (χ4v) is 1.54. The Kier molecular flexibility index (Phi) is 4.78. The van der Waals surface area contributed by atoms with E-state index in [1.807, 2.05) is 24.3 Å². The molecule has 1 rings (SSSR count). The van der Waals surface area contributed by atoms with Crippen molar-refractivity contribution in [1.82, 2.24) is 0 Å². The number of hydrogen-bond donors (Lipinski definition) is 1. The van der Waals surface area contributed by atoms with Crippen molar-refractivity contribution >= 4 is 21.9 Å². The first kappa shape index (κ1) is 12.2. The number of rotatable bonds is 4. The first-order valence-electron chi connectivity index (χ1n) is 4.87. The fourth-order valence-electron chi connectivity index (χ4n) is 1.27. The summed E-state index contributed by atoms with van der Waals surface area (Å²) in [4.78, 5) is 11.2. The molecule has 0 bridgehead atoms. The monoisotopic (exact) mass is 272 g/mol. The lowest BCUT2D eigenvalue weighted by Gasteiger charge is -2.08. The van der Waals surface area contributed by atoms with Gasteiger partial charge >= 0.3 is 5.97 Å². The van der Waals surface area contributed by atoms with Crippen LogP contribution in [0.1, 0.15) is 24.9 Å². The molecule has 1 aromatic rings. The van der Waals surface area contributed by atoms with Crippen molar-refractivity contribution in [1.29, 1.82) is 0 Å². The third kappa shape index (κ3) is 4.01. The van der Waals surface area contributed by atoms with Gasteiger partial charge in [0.25, 0.3) is 0 Å². The van der Waals surface area contributed by atoms with Crippen molar-refractivity contribution in [2.24, 2.45) is 0 Å². The highest BCUT2D eigenvalue weighted by Gasteiger charge is 2.15. The van der Waals surface area contributed by atoms with Gasteiger partial charge in [-0.25, -0.2) is 0 Å². The van der Waals surface area contributed by atoms with Gasteiger partial charge in [0.1, 0.15) is 12.5 Å². The molecule has 3 N–H and O–H groups in total. The summed E-state index contributed by atoms with van der Waals surface area (Å²) in [6.07, 6.45) is 0.329. The molecule has 0 amide bonds. The highest BCUT2D eigenvalue weighted by molar-refractivity contribution is 9.10. The molecular weight excluding hydrogens is 258 g/mol. The van der Waals surface area contributed by atoms with E-state index in [-0.39, 0.29) is 12.0 Å². The van der Waals surface area contributed by atoms with E-state index in [1.54, 1.807) is 6.92 Å². The Bertz CT molecular complexity index is 324. The summed E-state index contributed by atoms with van der Waals surface area (Å²) < 4.78 is 5.89. The first-order valence-corrected chi connectivity index (χ1v) is 5.67. The fraction of sp³-hybridized carbons (Fsp3) is 0.364. The summed E-state index contributed by atoms with van der Waals surface area (Å²) in [6, 6.07) is 7.76. The molecule has 82 valence electrons. The number of carbonyl (C=O) groups excluding carboxylic acids is 1. The molecule has 0 aromatic heterocycles. The predicted octanol–water partition coefficient (Wildman–Crippen LogP) is 1.69. The Morgan fingerprint density at radius 2 is 2.07 bits per heavy atom. The normalized spacial score (nSPS) is 12.2. The maximum Gasteiger partial charge on any atom is 0.312 e. The molecule has 0 saturated carbocycles. The minimum atomic E-state index is -0.194. The van der Waals surface area contributed by atoms with Crippen LogP contribution in [0, 0.1) is 0 Å². The topological polar surface area (TPSA) is 53.9 Å². The molecule has 0 unspecified atom stereocenters. The lowest BCUT2D eigenvalue weighted by atomic mass is 10.1. The number of quaternary nitrogens is 1. The van der Waals surface area contributed by atoms with Gasteiger partial charge in [-0.2, -0.15) is 0 Å². The number of benzene rings is 1. The maximum absolute atomic E-state index is 11.2. The van der Waals surface area contributed by atoms with Crippen LogP contribution in [-0.2, 0) is 9.53 Å². The van der Waals surface area contributed by atoms with Crippen molar-refractivity contribution < 1.29 is 15.3 Å². The van der Waals surface area contributed by atoms with E-state index in [4.69, 9.17) is 4.74 Å². The summed E-state index contributed by atoms with van der Waals surface area (Å²) in [5.41, 5.74) is 4.99. The van der Waals surface area contributed by atoms with E-state index in [0.29, 0.717) is 13.0 Å². The molecular formula is C11H15BrNO2+. The number of halogens is 1. The van der Waals surface area contributed by atoms with Gasteiger partial charge in [0.2, 0.25) is 0 Å². The van der Waals surface area contributed by atoms with Crippen LogP contribution in [0.2, 0.25) is 0 Å². The van der Waals surface area contributed by atoms with Gasteiger partial charge in [-0.15, -0.1) is 0 Å². The quantitative estimate of drug-likeness (QED) is 0.849. The number of hydrogen-bond acceptors (Lipinski definition) is 2. The Hall–Kier alpha value is -0.870. The average molecular weight is 273 g/mol. The van der Waals surface area contributed by atoms with Crippen LogP contribution in [-0.4, -0.2) is 12.6 Å². The van der Waals surface area contributed by atoms with Crippen LogP contribution in [0.15, 0.2) is 28.7 Å². The third-order valence-electron chi connectivity index (χ3n) is 2.06. The second-order valence-corrected chi connectivity index (χ2v) is 4.17. The van der Waals surface area contributed by atoms with E-state index < -0.39 is 0 Å². The molecule has 15 heavy (non-hydrogen) atoms. The number of ether oxygens (including phenoxy) is 1. The molecule has 0 aliphatic rings. The summed E-state index contributed by atoms with van der Waals surface area (Å²) in [6.45, 7) is 2.22. The van der Waals surface area contributed by atoms with Crippen molar-refractivity contribution in [2.45, 2.75) is 19.4 Å². The van der Waals surface area contributed by atoms with Gasteiger partial charge in [0, 0.05) is 10.0 Å². The largest absolute Gasteiger partial charge is 0.466 e. The summed E-state index contributed by atoms with van der Waals surface area (Å²) in [5, 5.41) is 0. The Labute approximate surface area is 97.7 Å². The predicted molar refractivity (Wildman–Crippen MR) is 61.0 cm³/mol. The SMILES string of the molecule is CCOC(=O)C[C@H]([NH3+])c1ccc(Br)cc1. The number of esters is 1. The van der Waals surface area contributed by atoms with Crippen LogP contribution < -0.4 is 5.73 Å². The Morgan fingerprint density at radius 3 is 2.60 bits per heavy atom. The molecule has 0 heterocycles. The molecule has 0 radical (unpaired) electrons. The summed E-state index contributed by atoms with van der Waals surface area (Å²) in [7, 11) is 0. The third-order valence-corrected chi connectivity index (χ3v) is 2.59. The standard InChI is InChI=1S/C11H14BrNO2/c1-2-15-11(14)7-10(13)8-3-5-9(12)6-4-8/h3-6,10H,2,7,13H2,1H3/p+1/t10-/m0/s1. The van der Waals surface area contributed by atoms with Crippen LogP contribution in [0.4, 0.5) is 0 Å². The van der Waals surface area contributed by atoms with E-state index >= 15 is 0 Å². The van der Waals surface area contributed by atoms with E-state index in [2.05, 4.69) is 21.7 Å². The van der Waals surface area contributed by atoms with Crippen molar-refractivity contribution in [3.63, 3.8) is 0 Å². The number of carbonyl (C=O) groups is 1. The van der Waals surface area contributed by atoms with Crippen molar-refractivity contribution in [2.75, 3.05) is 6.61 Å². The Balaban J connectivity index is 2.57. The molecule has 1 atom stereocenters. The van der Waals surface area contributed by atoms with E-state index in [9.17, 15) is 4.79 Å². The van der Waals surface area contributed by atoms with Gasteiger partial charge in [-0.1, -0.05) is 28.1 Å². The molecule has 3 nitrogen and oxygen atoms in total. The van der Waals surface area contributed by atoms with Gasteiger partial charge in [0.05, 0.1) is 6.61 Å². The molecule has 0 fully saturated rings. The van der Waals surface area contributed by atoms with Gasteiger partial charge in [-0.05, 0) is 19.1 Å². The van der Waals surface area contributed by atoms with Gasteiger partial charge in [-0.3, -0.25) is 4.79 Å². The molecule has 1 aromatic carbocycles. The summed E-state index contributed by atoms with van der Waals surface area (Å²) >= 11 is 3.36. The van der Waals surface area contributed by atoms with E-state index in [0.717, 1.165) is 10.0 Å². The van der Waals surface area contributed by atoms with Gasteiger partial charge in [0.15, 0.2) is 0 Å². The molecule has 0 aliphatic heterocycles. The highest BCUT2D eigenvalue weighted by Crippen LogP contribution is 2.16. The van der Waals surface area contributed by atoms with Crippen LogP contribution in [0.25, 0.3) is 0 Å². The second kappa shape index (κ2) is 5.88. The molecule has 0 saturated heterocycles. The minimum Gasteiger partial charge on any atom is -0.466 e. The Morgan fingerprint density at radius 1 is 1.47 bits per heavy atom. The lowest BCUT2D eigenvalue weighted by molar-refractivity contribution is -0.425.